The van der Waals surface area contributed by atoms with Gasteiger partial charge in [-0.1, -0.05) is 36.6 Å². The zero-order chi connectivity index (χ0) is 13.0. The van der Waals surface area contributed by atoms with E-state index in [9.17, 15) is 5.11 Å². The van der Waals surface area contributed by atoms with Gasteiger partial charge in [-0.3, -0.25) is 0 Å². The number of halogens is 1. The third kappa shape index (κ3) is 1.81. The maximum absolute atomic E-state index is 10.5. The second-order valence-corrected chi connectivity index (χ2v) is 6.35. The molecular weight excluding hydrogens is 260 g/mol. The Bertz CT molecular complexity index is 606. The van der Waals surface area contributed by atoms with E-state index >= 15 is 0 Å². The first kappa shape index (κ1) is 11.8. The Morgan fingerprint density at radius 2 is 1.95 bits per heavy atom. The first-order valence-electron chi connectivity index (χ1n) is 7.12. The lowest BCUT2D eigenvalue weighted by molar-refractivity contribution is 0.119. The number of rotatable bonds is 2. The van der Waals surface area contributed by atoms with Crippen molar-refractivity contribution in [3.8, 4) is 0 Å². The van der Waals surface area contributed by atoms with Crippen LogP contribution >= 0.6 is 11.6 Å². The van der Waals surface area contributed by atoms with Crippen molar-refractivity contribution in [2.45, 2.75) is 31.8 Å². The highest BCUT2D eigenvalue weighted by Gasteiger charge is 2.54. The molecule has 0 amide bonds. The number of aliphatic hydroxyl groups is 1. The second-order valence-electron chi connectivity index (χ2n) is 5.94. The molecule has 0 aliphatic heterocycles. The van der Waals surface area contributed by atoms with Gasteiger partial charge in [0, 0.05) is 5.39 Å². The van der Waals surface area contributed by atoms with Gasteiger partial charge < -0.3 is 9.52 Å². The predicted molar refractivity (Wildman–Crippen MR) is 75.1 cm³/mol. The lowest BCUT2D eigenvalue weighted by atomic mass is 10.0. The molecule has 0 saturated heterocycles. The normalized spacial score (nSPS) is 31.2. The summed E-state index contributed by atoms with van der Waals surface area (Å²) in [7, 11) is 0. The van der Waals surface area contributed by atoms with Crippen LogP contribution < -0.4 is 0 Å². The maximum Gasteiger partial charge on any atom is 0.152 e. The molecule has 3 atom stereocenters. The molecule has 2 saturated carbocycles. The van der Waals surface area contributed by atoms with Gasteiger partial charge in [-0.2, -0.15) is 0 Å². The number of fused-ring (bicyclic) bond motifs is 2. The van der Waals surface area contributed by atoms with Crippen LogP contribution in [0.2, 0.25) is 5.02 Å². The smallest absolute Gasteiger partial charge is 0.152 e. The van der Waals surface area contributed by atoms with Gasteiger partial charge in [-0.25, -0.2) is 0 Å². The van der Waals surface area contributed by atoms with Crippen LogP contribution in [0.15, 0.2) is 28.7 Å². The van der Waals surface area contributed by atoms with Crippen LogP contribution in [-0.2, 0) is 0 Å². The number of aliphatic hydroxyl groups excluding tert-OH is 1. The van der Waals surface area contributed by atoms with Crippen molar-refractivity contribution >= 4 is 22.6 Å². The average molecular weight is 277 g/mol. The zero-order valence-electron chi connectivity index (χ0n) is 10.7. The first-order valence-corrected chi connectivity index (χ1v) is 7.49. The molecule has 2 aliphatic carbocycles. The van der Waals surface area contributed by atoms with E-state index in [-0.39, 0.29) is 0 Å². The molecule has 0 spiro atoms. The number of hydrogen-bond acceptors (Lipinski definition) is 2. The summed E-state index contributed by atoms with van der Waals surface area (Å²) in [5, 5.41) is 12.1. The van der Waals surface area contributed by atoms with Crippen molar-refractivity contribution in [2.24, 2.45) is 17.8 Å². The third-order valence-electron chi connectivity index (χ3n) is 4.89. The Morgan fingerprint density at radius 1 is 1.21 bits per heavy atom. The van der Waals surface area contributed by atoms with Gasteiger partial charge in [0.1, 0.15) is 11.9 Å². The molecule has 0 bridgehead atoms. The minimum absolute atomic E-state index is 0.404. The SMILES string of the molecule is OC(c1cc2cccc(Cl)c2o1)C1C2CCCCC21. The summed E-state index contributed by atoms with van der Waals surface area (Å²) < 4.78 is 5.79. The highest BCUT2D eigenvalue weighted by atomic mass is 35.5. The van der Waals surface area contributed by atoms with E-state index < -0.39 is 6.10 Å². The van der Waals surface area contributed by atoms with Crippen LogP contribution in [-0.4, -0.2) is 5.11 Å². The molecule has 2 fully saturated rings. The Morgan fingerprint density at radius 3 is 2.63 bits per heavy atom. The van der Waals surface area contributed by atoms with E-state index in [1.54, 1.807) is 0 Å². The summed E-state index contributed by atoms with van der Waals surface area (Å²) in [5.41, 5.74) is 0.696. The molecule has 1 aromatic heterocycles. The number of benzene rings is 1. The maximum atomic E-state index is 10.5. The fraction of sp³-hybridized carbons (Fsp3) is 0.500. The van der Waals surface area contributed by atoms with Crippen LogP contribution in [0, 0.1) is 17.8 Å². The summed E-state index contributed by atoms with van der Waals surface area (Å²) in [4.78, 5) is 0. The molecule has 3 unspecified atom stereocenters. The molecule has 0 radical (unpaired) electrons. The van der Waals surface area contributed by atoms with Gasteiger partial charge in [0.05, 0.1) is 5.02 Å². The van der Waals surface area contributed by atoms with Crippen molar-refractivity contribution in [3.05, 3.63) is 35.0 Å². The Hall–Kier alpha value is -0.990. The molecular formula is C16H17ClO2. The largest absolute Gasteiger partial charge is 0.457 e. The van der Waals surface area contributed by atoms with Crippen LogP contribution in [0.5, 0.6) is 0 Å². The van der Waals surface area contributed by atoms with Gasteiger partial charge >= 0.3 is 0 Å². The standard InChI is InChI=1S/C16H17ClO2/c17-12-7-3-4-9-8-13(19-16(9)12)15(18)14-10-5-1-2-6-11(10)14/h3-4,7-8,10-11,14-15,18H,1-2,5-6H2. The fourth-order valence-electron chi connectivity index (χ4n) is 3.90. The second kappa shape index (κ2) is 4.26. The molecule has 3 heteroatoms. The molecule has 2 nitrogen and oxygen atoms in total. The summed E-state index contributed by atoms with van der Waals surface area (Å²) in [6.07, 6.45) is 4.71. The van der Waals surface area contributed by atoms with E-state index in [2.05, 4.69) is 0 Å². The summed E-state index contributed by atoms with van der Waals surface area (Å²) in [6.45, 7) is 0. The molecule has 1 heterocycles. The number of furan rings is 1. The molecule has 19 heavy (non-hydrogen) atoms. The van der Waals surface area contributed by atoms with Crippen LogP contribution in [0.4, 0.5) is 0 Å². The number of para-hydroxylation sites is 1. The summed E-state index contributed by atoms with van der Waals surface area (Å²) in [6, 6.07) is 7.64. The van der Waals surface area contributed by atoms with Crippen molar-refractivity contribution < 1.29 is 9.52 Å². The van der Waals surface area contributed by atoms with Crippen LogP contribution in [0.3, 0.4) is 0 Å². The van der Waals surface area contributed by atoms with Crippen molar-refractivity contribution in [1.82, 2.24) is 0 Å². The number of hydrogen-bond donors (Lipinski definition) is 1. The van der Waals surface area contributed by atoms with Crippen molar-refractivity contribution in [1.29, 1.82) is 0 Å². The predicted octanol–water partition coefficient (Wildman–Crippen LogP) is 4.56. The van der Waals surface area contributed by atoms with E-state index in [4.69, 9.17) is 16.0 Å². The van der Waals surface area contributed by atoms with E-state index in [0.717, 1.165) is 5.39 Å². The fourth-order valence-corrected chi connectivity index (χ4v) is 4.12. The molecule has 1 aromatic carbocycles. The van der Waals surface area contributed by atoms with Gasteiger partial charge in [0.15, 0.2) is 5.58 Å². The summed E-state index contributed by atoms with van der Waals surface area (Å²) in [5.74, 6) is 2.52. The van der Waals surface area contributed by atoms with Crippen molar-refractivity contribution in [2.75, 3.05) is 0 Å². The van der Waals surface area contributed by atoms with Crippen LogP contribution in [0.25, 0.3) is 11.0 Å². The van der Waals surface area contributed by atoms with E-state index in [1.165, 1.54) is 25.7 Å². The van der Waals surface area contributed by atoms with Crippen molar-refractivity contribution in [3.63, 3.8) is 0 Å². The average Bonchev–Trinajstić information content (AvgIpc) is 2.98. The third-order valence-corrected chi connectivity index (χ3v) is 5.19. The van der Waals surface area contributed by atoms with Crippen LogP contribution in [0.1, 0.15) is 37.5 Å². The lowest BCUT2D eigenvalue weighted by Crippen LogP contribution is -2.00. The minimum Gasteiger partial charge on any atom is -0.457 e. The van der Waals surface area contributed by atoms with Gasteiger partial charge in [-0.05, 0) is 42.7 Å². The zero-order valence-corrected chi connectivity index (χ0v) is 11.4. The quantitative estimate of drug-likeness (QED) is 0.872. The summed E-state index contributed by atoms with van der Waals surface area (Å²) >= 11 is 6.12. The monoisotopic (exact) mass is 276 g/mol. The Balaban J connectivity index is 1.65. The molecule has 2 aromatic rings. The topological polar surface area (TPSA) is 33.4 Å². The minimum atomic E-state index is -0.462. The van der Waals surface area contributed by atoms with Gasteiger partial charge in [0.2, 0.25) is 0 Å². The Kier molecular flexibility index (Phi) is 2.64. The molecule has 4 rings (SSSR count). The molecule has 2 aliphatic rings. The highest BCUT2D eigenvalue weighted by molar-refractivity contribution is 6.34. The highest BCUT2D eigenvalue weighted by Crippen LogP contribution is 2.60. The molecule has 1 N–H and O–H groups in total. The van der Waals surface area contributed by atoms with Gasteiger partial charge in [-0.15, -0.1) is 0 Å². The molecule has 100 valence electrons. The first-order chi connectivity index (χ1) is 9.25. The van der Waals surface area contributed by atoms with E-state index in [0.29, 0.717) is 34.1 Å². The van der Waals surface area contributed by atoms with Gasteiger partial charge in [0.25, 0.3) is 0 Å². The Labute approximate surface area is 117 Å². The van der Waals surface area contributed by atoms with E-state index in [1.807, 2.05) is 24.3 Å². The lowest BCUT2D eigenvalue weighted by Gasteiger charge is -2.06.